The van der Waals surface area contributed by atoms with Crippen LogP contribution < -0.4 is 19.5 Å². The Bertz CT molecular complexity index is 864. The summed E-state index contributed by atoms with van der Waals surface area (Å²) in [4.78, 5) is 4.42. The average Bonchev–Trinajstić information content (AvgIpc) is 3.06. The Kier molecular flexibility index (Phi) is 4.65. The van der Waals surface area contributed by atoms with E-state index >= 15 is 0 Å². The highest BCUT2D eigenvalue weighted by Gasteiger charge is 2.16. The maximum Gasteiger partial charge on any atom is 0.203 e. The number of anilines is 2. The van der Waals surface area contributed by atoms with E-state index in [2.05, 4.69) is 34.3 Å². The number of aromatic nitrogens is 3. The smallest absolute Gasteiger partial charge is 0.203 e. The van der Waals surface area contributed by atoms with E-state index in [0.717, 1.165) is 22.3 Å². The van der Waals surface area contributed by atoms with E-state index in [1.165, 1.54) is 0 Å². The molecule has 0 atom stereocenters. The van der Waals surface area contributed by atoms with Crippen LogP contribution in [0.5, 0.6) is 17.2 Å². The van der Waals surface area contributed by atoms with E-state index in [-0.39, 0.29) is 0 Å². The molecule has 2 heterocycles. The minimum absolute atomic E-state index is 0.349. The Balaban J connectivity index is 2.04. The summed E-state index contributed by atoms with van der Waals surface area (Å²) in [6.07, 6.45) is 1.77. The van der Waals surface area contributed by atoms with Crippen molar-refractivity contribution in [3.63, 3.8) is 0 Å². The van der Waals surface area contributed by atoms with Gasteiger partial charge in [-0.2, -0.15) is 5.10 Å². The molecule has 3 aromatic rings. The summed E-state index contributed by atoms with van der Waals surface area (Å²) in [5, 5.41) is 11.9. The van der Waals surface area contributed by atoms with Crippen molar-refractivity contribution in [2.24, 2.45) is 0 Å². The number of fused-ring (bicyclic) bond motifs is 1. The molecule has 0 saturated heterocycles. The molecule has 7 nitrogen and oxygen atoms in total. The Morgan fingerprint density at radius 2 is 1.72 bits per heavy atom. The summed E-state index contributed by atoms with van der Waals surface area (Å²) in [6, 6.07) is 5.63. The van der Waals surface area contributed by atoms with Gasteiger partial charge in [-0.15, -0.1) is 0 Å². The van der Waals surface area contributed by atoms with Gasteiger partial charge in [0.15, 0.2) is 17.3 Å². The number of benzene rings is 1. The van der Waals surface area contributed by atoms with Crippen LogP contribution in [-0.4, -0.2) is 36.5 Å². The van der Waals surface area contributed by atoms with Gasteiger partial charge in [0.1, 0.15) is 5.52 Å². The standard InChI is InChI=1S/C18H22N4O3/c1-10(2)15-12-6-7-19-18(16(12)22-21-15)20-11-8-13(23-3)17(25-5)14(9-11)24-4/h6-10H,1-5H3,(H,19,20)(H,21,22). The molecule has 0 aliphatic rings. The highest BCUT2D eigenvalue weighted by atomic mass is 16.5. The van der Waals surface area contributed by atoms with Crippen molar-refractivity contribution in [3.05, 3.63) is 30.1 Å². The first kappa shape index (κ1) is 16.9. The zero-order valence-electron chi connectivity index (χ0n) is 15.0. The second-order valence-electron chi connectivity index (χ2n) is 5.89. The van der Waals surface area contributed by atoms with Gasteiger partial charge in [-0.1, -0.05) is 13.8 Å². The van der Waals surface area contributed by atoms with Crippen molar-refractivity contribution in [1.82, 2.24) is 15.2 Å². The lowest BCUT2D eigenvalue weighted by Crippen LogP contribution is -1.99. The van der Waals surface area contributed by atoms with Crippen LogP contribution in [0.3, 0.4) is 0 Å². The highest BCUT2D eigenvalue weighted by Crippen LogP contribution is 2.41. The molecule has 2 aromatic heterocycles. The number of hydrogen-bond donors (Lipinski definition) is 2. The number of ether oxygens (including phenoxy) is 3. The number of hydrogen-bond acceptors (Lipinski definition) is 6. The predicted octanol–water partition coefficient (Wildman–Crippen LogP) is 3.85. The lowest BCUT2D eigenvalue weighted by atomic mass is 10.1. The molecule has 0 aliphatic heterocycles. The van der Waals surface area contributed by atoms with Crippen molar-refractivity contribution in [2.45, 2.75) is 19.8 Å². The van der Waals surface area contributed by atoms with Crippen LogP contribution >= 0.6 is 0 Å². The quantitative estimate of drug-likeness (QED) is 0.708. The summed E-state index contributed by atoms with van der Waals surface area (Å²) in [5.74, 6) is 2.70. The Hall–Kier alpha value is -2.96. The van der Waals surface area contributed by atoms with Crippen molar-refractivity contribution < 1.29 is 14.2 Å². The zero-order chi connectivity index (χ0) is 18.0. The molecular formula is C18H22N4O3. The van der Waals surface area contributed by atoms with Gasteiger partial charge in [0, 0.05) is 35.1 Å². The molecule has 0 fully saturated rings. The van der Waals surface area contributed by atoms with E-state index in [4.69, 9.17) is 14.2 Å². The Labute approximate surface area is 146 Å². The van der Waals surface area contributed by atoms with Crippen molar-refractivity contribution in [3.8, 4) is 17.2 Å². The van der Waals surface area contributed by atoms with Crippen LogP contribution in [0.15, 0.2) is 24.4 Å². The molecule has 3 rings (SSSR count). The van der Waals surface area contributed by atoms with E-state index in [1.54, 1.807) is 27.5 Å². The highest BCUT2D eigenvalue weighted by molar-refractivity contribution is 5.92. The number of methoxy groups -OCH3 is 3. The molecule has 0 amide bonds. The van der Waals surface area contributed by atoms with Gasteiger partial charge >= 0.3 is 0 Å². The minimum atomic E-state index is 0.349. The van der Waals surface area contributed by atoms with Gasteiger partial charge in [0.25, 0.3) is 0 Å². The molecule has 2 N–H and O–H groups in total. The molecule has 0 unspecified atom stereocenters. The minimum Gasteiger partial charge on any atom is -0.493 e. The fraction of sp³-hybridized carbons (Fsp3) is 0.333. The zero-order valence-corrected chi connectivity index (χ0v) is 15.0. The van der Waals surface area contributed by atoms with E-state index in [9.17, 15) is 0 Å². The molecule has 0 saturated carbocycles. The SMILES string of the molecule is COc1cc(Nc2nccc3c(C(C)C)[nH]nc23)cc(OC)c1OC. The summed E-state index contributed by atoms with van der Waals surface area (Å²) in [5.41, 5.74) is 2.65. The van der Waals surface area contributed by atoms with Gasteiger partial charge in [0.2, 0.25) is 5.75 Å². The van der Waals surface area contributed by atoms with Crippen molar-refractivity contribution >= 4 is 22.4 Å². The van der Waals surface area contributed by atoms with E-state index in [0.29, 0.717) is 29.0 Å². The largest absolute Gasteiger partial charge is 0.493 e. The topological polar surface area (TPSA) is 81.3 Å². The average molecular weight is 342 g/mol. The maximum atomic E-state index is 5.39. The van der Waals surface area contributed by atoms with Gasteiger partial charge in [-0.25, -0.2) is 4.98 Å². The molecule has 0 spiro atoms. The molecule has 25 heavy (non-hydrogen) atoms. The van der Waals surface area contributed by atoms with Gasteiger partial charge in [0.05, 0.1) is 21.3 Å². The lowest BCUT2D eigenvalue weighted by molar-refractivity contribution is 0.324. The third-order valence-electron chi connectivity index (χ3n) is 4.01. The van der Waals surface area contributed by atoms with Crippen LogP contribution in [0.25, 0.3) is 10.9 Å². The van der Waals surface area contributed by atoms with Crippen LogP contribution in [-0.2, 0) is 0 Å². The first-order valence-electron chi connectivity index (χ1n) is 7.99. The number of pyridine rings is 1. The second-order valence-corrected chi connectivity index (χ2v) is 5.89. The molecule has 1 aromatic carbocycles. The monoisotopic (exact) mass is 342 g/mol. The number of aromatic amines is 1. The number of nitrogens with zero attached hydrogens (tertiary/aromatic N) is 2. The van der Waals surface area contributed by atoms with E-state index in [1.807, 2.05) is 18.2 Å². The molecular weight excluding hydrogens is 320 g/mol. The summed E-state index contributed by atoms with van der Waals surface area (Å²) < 4.78 is 16.1. The lowest BCUT2D eigenvalue weighted by Gasteiger charge is -2.15. The molecule has 0 bridgehead atoms. The Morgan fingerprint density at radius 1 is 1.04 bits per heavy atom. The number of rotatable bonds is 6. The molecule has 0 radical (unpaired) electrons. The third-order valence-corrected chi connectivity index (χ3v) is 4.01. The summed E-state index contributed by atoms with van der Waals surface area (Å²) in [7, 11) is 4.75. The van der Waals surface area contributed by atoms with Gasteiger partial charge in [-0.3, -0.25) is 5.10 Å². The normalized spacial score (nSPS) is 11.0. The summed E-state index contributed by atoms with van der Waals surface area (Å²) >= 11 is 0. The second kappa shape index (κ2) is 6.88. The van der Waals surface area contributed by atoms with Gasteiger partial charge in [-0.05, 0) is 12.0 Å². The number of nitrogens with one attached hydrogen (secondary N) is 2. The first-order chi connectivity index (χ1) is 12.1. The van der Waals surface area contributed by atoms with Crippen LogP contribution in [0, 0.1) is 0 Å². The van der Waals surface area contributed by atoms with Crippen molar-refractivity contribution in [1.29, 1.82) is 0 Å². The fourth-order valence-corrected chi connectivity index (χ4v) is 2.78. The van der Waals surface area contributed by atoms with E-state index < -0.39 is 0 Å². The maximum absolute atomic E-state index is 5.39. The number of H-pyrrole nitrogens is 1. The van der Waals surface area contributed by atoms with Crippen LogP contribution in [0.2, 0.25) is 0 Å². The van der Waals surface area contributed by atoms with Crippen molar-refractivity contribution in [2.75, 3.05) is 26.6 Å². The fourth-order valence-electron chi connectivity index (χ4n) is 2.78. The van der Waals surface area contributed by atoms with Gasteiger partial charge < -0.3 is 19.5 Å². The third kappa shape index (κ3) is 3.05. The Morgan fingerprint density at radius 3 is 2.28 bits per heavy atom. The molecule has 132 valence electrons. The predicted molar refractivity (Wildman–Crippen MR) is 97.4 cm³/mol. The molecule has 7 heteroatoms. The first-order valence-corrected chi connectivity index (χ1v) is 7.99. The molecule has 0 aliphatic carbocycles. The summed E-state index contributed by atoms with van der Waals surface area (Å²) in [6.45, 7) is 4.25. The van der Waals surface area contributed by atoms with Crippen LogP contribution in [0.4, 0.5) is 11.5 Å². The van der Waals surface area contributed by atoms with Crippen LogP contribution in [0.1, 0.15) is 25.5 Å².